The van der Waals surface area contributed by atoms with Gasteiger partial charge in [0.05, 0.1) is 5.56 Å². The third kappa shape index (κ3) is 4.50. The van der Waals surface area contributed by atoms with Crippen molar-refractivity contribution >= 4 is 5.84 Å². The summed E-state index contributed by atoms with van der Waals surface area (Å²) in [5.74, 6) is 0.963. The Morgan fingerprint density at radius 2 is 2.08 bits per heavy atom. The molecule has 1 aromatic heterocycles. The number of pyridine rings is 1. The number of hydrogen-bond donors (Lipinski definition) is 2. The van der Waals surface area contributed by atoms with Crippen LogP contribution in [0.3, 0.4) is 0 Å². The number of ether oxygens (including phenoxy) is 1. The van der Waals surface area contributed by atoms with Gasteiger partial charge >= 0.3 is 6.18 Å². The van der Waals surface area contributed by atoms with Gasteiger partial charge in [-0.2, -0.15) is 13.2 Å². The number of halogens is 3. The van der Waals surface area contributed by atoms with Crippen molar-refractivity contribution in [2.75, 3.05) is 6.61 Å². The summed E-state index contributed by atoms with van der Waals surface area (Å²) in [6.45, 7) is 0.0637. The van der Waals surface area contributed by atoms with Gasteiger partial charge in [0.15, 0.2) is 12.1 Å². The Kier molecular flexibility index (Phi) is 5.38. The van der Waals surface area contributed by atoms with Crippen LogP contribution < -0.4 is 10.2 Å². The number of aliphatic hydroxyl groups is 1. The zero-order valence-corrected chi connectivity index (χ0v) is 13.5. The van der Waals surface area contributed by atoms with E-state index in [0.717, 1.165) is 18.3 Å². The fourth-order valence-electron chi connectivity index (χ4n) is 2.28. The van der Waals surface area contributed by atoms with Crippen molar-refractivity contribution in [2.24, 2.45) is 4.99 Å². The van der Waals surface area contributed by atoms with Gasteiger partial charge in [-0.25, -0.2) is 20.3 Å². The average Bonchev–Trinajstić information content (AvgIpc) is 3.09. The second-order valence-corrected chi connectivity index (χ2v) is 5.53. The van der Waals surface area contributed by atoms with Crippen molar-refractivity contribution in [1.29, 1.82) is 0 Å². The van der Waals surface area contributed by atoms with Crippen LogP contribution in [-0.2, 0) is 11.0 Å². The quantitative estimate of drug-likeness (QED) is 0.820. The highest BCUT2D eigenvalue weighted by atomic mass is 19.4. The van der Waals surface area contributed by atoms with Crippen molar-refractivity contribution in [3.8, 4) is 11.6 Å². The normalized spacial score (nSPS) is 16.9. The number of hydroxylamine groups is 1. The Bertz CT molecular complexity index is 779. The number of aromatic nitrogens is 1. The first-order valence-corrected chi connectivity index (χ1v) is 7.87. The first kappa shape index (κ1) is 18.2. The molecular formula is C17H16F3N3O3. The molecule has 0 amide bonds. The summed E-state index contributed by atoms with van der Waals surface area (Å²) in [7, 11) is 0. The minimum Gasteiger partial charge on any atom is -0.439 e. The Morgan fingerprint density at radius 1 is 1.23 bits per heavy atom. The second kappa shape index (κ2) is 7.71. The summed E-state index contributed by atoms with van der Waals surface area (Å²) in [5, 5.41) is 8.84. The molecule has 1 aromatic carbocycles. The number of nitrogens with one attached hydrogen (secondary N) is 1. The number of rotatable bonds is 6. The topological polar surface area (TPSA) is 76.0 Å². The maximum Gasteiger partial charge on any atom is 0.417 e. The number of benzene rings is 1. The molecule has 1 aliphatic rings. The van der Waals surface area contributed by atoms with E-state index in [0.29, 0.717) is 30.0 Å². The third-order valence-corrected chi connectivity index (χ3v) is 3.57. The van der Waals surface area contributed by atoms with Gasteiger partial charge in [-0.05, 0) is 31.0 Å². The molecule has 2 N–H and O–H groups in total. The van der Waals surface area contributed by atoms with Crippen LogP contribution in [-0.4, -0.2) is 28.8 Å². The molecule has 9 heteroatoms. The Balaban J connectivity index is 1.70. The zero-order chi connectivity index (χ0) is 18.6. The maximum atomic E-state index is 12.6. The van der Waals surface area contributed by atoms with Crippen molar-refractivity contribution in [1.82, 2.24) is 10.5 Å². The van der Waals surface area contributed by atoms with Crippen LogP contribution in [0, 0.1) is 0 Å². The van der Waals surface area contributed by atoms with Crippen LogP contribution in [0.15, 0.2) is 47.6 Å². The molecule has 0 radical (unpaired) electrons. The average molecular weight is 367 g/mol. The minimum absolute atomic E-state index is 0.0496. The molecule has 1 atom stereocenters. The number of amidine groups is 1. The van der Waals surface area contributed by atoms with Crippen LogP contribution in [0.4, 0.5) is 13.2 Å². The standard InChI is InChI=1S/C17H16F3N3O3/c18-17(19,20)12-6-7-14(21-10-12)25-13-4-1-3-11(9-13)16-22-15(26-23-16)5-2-8-24/h1,3-4,6-7,9-10,15,24H,2,5,8H2,(H,22,23). The fourth-order valence-corrected chi connectivity index (χ4v) is 2.28. The molecule has 3 rings (SSSR count). The van der Waals surface area contributed by atoms with Gasteiger partial charge in [0, 0.05) is 24.4 Å². The lowest BCUT2D eigenvalue weighted by Crippen LogP contribution is -2.19. The first-order chi connectivity index (χ1) is 12.5. The molecule has 1 unspecified atom stereocenters. The van der Waals surface area contributed by atoms with Crippen molar-refractivity contribution < 1.29 is 27.9 Å². The fraction of sp³-hybridized carbons (Fsp3) is 0.294. The number of nitrogens with zero attached hydrogens (tertiary/aromatic N) is 2. The van der Waals surface area contributed by atoms with Gasteiger partial charge in [-0.1, -0.05) is 12.1 Å². The summed E-state index contributed by atoms with van der Waals surface area (Å²) in [6.07, 6.45) is -2.94. The van der Waals surface area contributed by atoms with Gasteiger partial charge in [0.2, 0.25) is 5.88 Å². The Labute approximate surface area is 147 Å². The highest BCUT2D eigenvalue weighted by molar-refractivity contribution is 5.99. The van der Waals surface area contributed by atoms with Gasteiger partial charge in [0.1, 0.15) is 5.75 Å². The summed E-state index contributed by atoms with van der Waals surface area (Å²) < 4.78 is 43.2. The van der Waals surface area contributed by atoms with E-state index in [2.05, 4.69) is 15.5 Å². The summed E-state index contributed by atoms with van der Waals surface area (Å²) in [6, 6.07) is 8.91. The molecular weight excluding hydrogens is 351 g/mol. The van der Waals surface area contributed by atoms with Gasteiger partial charge in [0.25, 0.3) is 0 Å². The van der Waals surface area contributed by atoms with Crippen LogP contribution in [0.5, 0.6) is 11.6 Å². The minimum atomic E-state index is -4.44. The summed E-state index contributed by atoms with van der Waals surface area (Å²) >= 11 is 0. The summed E-state index contributed by atoms with van der Waals surface area (Å²) in [5.41, 5.74) is 2.58. The molecule has 26 heavy (non-hydrogen) atoms. The second-order valence-electron chi connectivity index (χ2n) is 5.53. The first-order valence-electron chi connectivity index (χ1n) is 7.87. The largest absolute Gasteiger partial charge is 0.439 e. The highest BCUT2D eigenvalue weighted by Crippen LogP contribution is 2.30. The zero-order valence-electron chi connectivity index (χ0n) is 13.5. The van der Waals surface area contributed by atoms with E-state index in [9.17, 15) is 13.2 Å². The molecule has 0 fully saturated rings. The number of hydrogen-bond acceptors (Lipinski definition) is 6. The van der Waals surface area contributed by atoms with Gasteiger partial charge in [-0.3, -0.25) is 0 Å². The van der Waals surface area contributed by atoms with Gasteiger partial charge in [-0.15, -0.1) is 0 Å². The van der Waals surface area contributed by atoms with E-state index in [1.165, 1.54) is 0 Å². The van der Waals surface area contributed by atoms with Crippen LogP contribution >= 0.6 is 0 Å². The molecule has 2 aromatic rings. The van der Waals surface area contributed by atoms with Crippen LogP contribution in [0.1, 0.15) is 24.0 Å². The lowest BCUT2D eigenvalue weighted by molar-refractivity contribution is -0.137. The molecule has 0 saturated carbocycles. The molecule has 0 bridgehead atoms. The lowest BCUT2D eigenvalue weighted by atomic mass is 10.2. The predicted molar refractivity (Wildman–Crippen MR) is 86.6 cm³/mol. The van der Waals surface area contributed by atoms with E-state index in [-0.39, 0.29) is 18.7 Å². The predicted octanol–water partition coefficient (Wildman–Crippen LogP) is 3.27. The molecule has 1 aliphatic heterocycles. The number of alkyl halides is 3. The lowest BCUT2D eigenvalue weighted by Gasteiger charge is -2.09. The van der Waals surface area contributed by atoms with Crippen molar-refractivity contribution in [3.63, 3.8) is 0 Å². The van der Waals surface area contributed by atoms with E-state index in [1.807, 2.05) is 0 Å². The highest BCUT2D eigenvalue weighted by Gasteiger charge is 2.30. The Hall–Kier alpha value is -2.65. The molecule has 0 saturated heterocycles. The van der Waals surface area contributed by atoms with E-state index in [4.69, 9.17) is 14.7 Å². The van der Waals surface area contributed by atoms with E-state index in [1.54, 1.807) is 24.3 Å². The van der Waals surface area contributed by atoms with E-state index < -0.39 is 11.7 Å². The number of aliphatic imine (C=N–C) groups is 1. The van der Waals surface area contributed by atoms with Crippen molar-refractivity contribution in [3.05, 3.63) is 53.7 Å². The van der Waals surface area contributed by atoms with Gasteiger partial charge < -0.3 is 9.84 Å². The maximum absolute atomic E-state index is 12.6. The van der Waals surface area contributed by atoms with Crippen LogP contribution in [0.2, 0.25) is 0 Å². The van der Waals surface area contributed by atoms with Crippen molar-refractivity contribution in [2.45, 2.75) is 25.2 Å². The molecule has 6 nitrogen and oxygen atoms in total. The number of aliphatic hydroxyl groups excluding tert-OH is 1. The molecule has 2 heterocycles. The third-order valence-electron chi connectivity index (χ3n) is 3.57. The van der Waals surface area contributed by atoms with Crippen LogP contribution in [0.25, 0.3) is 0 Å². The monoisotopic (exact) mass is 367 g/mol. The Morgan fingerprint density at radius 3 is 2.77 bits per heavy atom. The SMILES string of the molecule is OCCCC1N=C(c2cccc(Oc3ccc(C(F)(F)F)cn3)c2)NO1. The molecule has 138 valence electrons. The molecule has 0 aliphatic carbocycles. The summed E-state index contributed by atoms with van der Waals surface area (Å²) in [4.78, 5) is 13.3. The molecule has 0 spiro atoms. The van der Waals surface area contributed by atoms with E-state index >= 15 is 0 Å². The smallest absolute Gasteiger partial charge is 0.417 e.